The molecule has 2 aromatic rings. The minimum atomic E-state index is -0.444. The van der Waals surface area contributed by atoms with Crippen LogP contribution in [0.5, 0.6) is 0 Å². The van der Waals surface area contributed by atoms with Gasteiger partial charge in [0, 0.05) is 18.0 Å². The molecule has 2 N–H and O–H groups in total. The van der Waals surface area contributed by atoms with Crippen molar-refractivity contribution in [1.82, 2.24) is 5.32 Å². The number of benzene rings is 2. The van der Waals surface area contributed by atoms with Gasteiger partial charge < -0.3 is 15.4 Å². The van der Waals surface area contributed by atoms with E-state index in [9.17, 15) is 4.79 Å². The van der Waals surface area contributed by atoms with Gasteiger partial charge in [0.15, 0.2) is 5.11 Å². The van der Waals surface area contributed by atoms with Gasteiger partial charge in [-0.15, -0.1) is 0 Å². The zero-order chi connectivity index (χ0) is 19.5. The molecule has 0 bridgehead atoms. The molecule has 0 fully saturated rings. The van der Waals surface area contributed by atoms with Crippen LogP contribution in [0.2, 0.25) is 5.02 Å². The monoisotopic (exact) mass is 422 g/mol. The average Bonchev–Trinajstić information content (AvgIpc) is 2.67. The van der Waals surface area contributed by atoms with E-state index < -0.39 is 5.97 Å². The summed E-state index contributed by atoms with van der Waals surface area (Å²) < 4.78 is 5.00. The van der Waals surface area contributed by atoms with Gasteiger partial charge in [-0.2, -0.15) is 11.8 Å². The molecule has 0 saturated heterocycles. The van der Waals surface area contributed by atoms with E-state index in [-0.39, 0.29) is 0 Å². The van der Waals surface area contributed by atoms with Crippen LogP contribution in [-0.4, -0.2) is 30.0 Å². The second kappa shape index (κ2) is 11.8. The Morgan fingerprint density at radius 2 is 2.00 bits per heavy atom. The molecule has 0 heterocycles. The Balaban J connectivity index is 1.69. The summed E-state index contributed by atoms with van der Waals surface area (Å²) in [7, 11) is 0. The molecule has 0 aliphatic rings. The maximum absolute atomic E-state index is 11.9. The van der Waals surface area contributed by atoms with Crippen molar-refractivity contribution < 1.29 is 9.53 Å². The number of halogens is 1. The van der Waals surface area contributed by atoms with E-state index in [2.05, 4.69) is 34.9 Å². The molecule has 2 aromatic carbocycles. The number of carbonyl (C=O) groups excluding carboxylic acids is 1. The first kappa shape index (κ1) is 21.5. The number of hydrogen-bond donors (Lipinski definition) is 2. The van der Waals surface area contributed by atoms with Crippen LogP contribution in [0.25, 0.3) is 0 Å². The molecule has 144 valence electrons. The highest BCUT2D eigenvalue weighted by molar-refractivity contribution is 7.98. The number of thiocarbonyl (C=S) groups is 1. The first-order chi connectivity index (χ1) is 13.1. The highest BCUT2D eigenvalue weighted by Crippen LogP contribution is 2.21. The van der Waals surface area contributed by atoms with Gasteiger partial charge in [-0.05, 0) is 55.1 Å². The molecule has 0 spiro atoms. The SMILES string of the molecule is CCOC(=O)c1cc(NC(=S)NCCCSCc2ccccc2)ccc1Cl. The summed E-state index contributed by atoms with van der Waals surface area (Å²) in [5, 5.41) is 7.12. The lowest BCUT2D eigenvalue weighted by Gasteiger charge is -2.12. The average molecular weight is 423 g/mol. The molecule has 0 aliphatic heterocycles. The van der Waals surface area contributed by atoms with Crippen LogP contribution in [0.15, 0.2) is 48.5 Å². The lowest BCUT2D eigenvalue weighted by atomic mass is 10.2. The normalized spacial score (nSPS) is 10.3. The summed E-state index contributed by atoms with van der Waals surface area (Å²) in [6, 6.07) is 15.5. The number of carbonyl (C=O) groups is 1. The maximum Gasteiger partial charge on any atom is 0.339 e. The van der Waals surface area contributed by atoms with Gasteiger partial charge >= 0.3 is 5.97 Å². The second-order valence-electron chi connectivity index (χ2n) is 5.69. The van der Waals surface area contributed by atoms with Gasteiger partial charge in [-0.1, -0.05) is 41.9 Å². The van der Waals surface area contributed by atoms with Crippen LogP contribution in [0.1, 0.15) is 29.3 Å². The van der Waals surface area contributed by atoms with Crippen LogP contribution in [0, 0.1) is 0 Å². The van der Waals surface area contributed by atoms with Crippen molar-refractivity contribution in [3.05, 3.63) is 64.7 Å². The zero-order valence-corrected chi connectivity index (χ0v) is 17.6. The summed E-state index contributed by atoms with van der Waals surface area (Å²) in [5.41, 5.74) is 2.36. The highest BCUT2D eigenvalue weighted by Gasteiger charge is 2.12. The molecule has 27 heavy (non-hydrogen) atoms. The number of hydrogen-bond acceptors (Lipinski definition) is 4. The lowest BCUT2D eigenvalue weighted by Crippen LogP contribution is -2.29. The van der Waals surface area contributed by atoms with E-state index in [0.717, 1.165) is 24.5 Å². The minimum Gasteiger partial charge on any atom is -0.462 e. The summed E-state index contributed by atoms with van der Waals surface area (Å²) >= 11 is 13.3. The number of nitrogens with one attached hydrogen (secondary N) is 2. The Morgan fingerprint density at radius 1 is 1.22 bits per heavy atom. The molecule has 2 rings (SSSR count). The zero-order valence-electron chi connectivity index (χ0n) is 15.2. The third-order valence-corrected chi connectivity index (χ3v) is 5.27. The van der Waals surface area contributed by atoms with E-state index in [4.69, 9.17) is 28.6 Å². The number of anilines is 1. The molecular formula is C20H23ClN2O2S2. The molecule has 4 nitrogen and oxygen atoms in total. The van der Waals surface area contributed by atoms with Crippen LogP contribution >= 0.6 is 35.6 Å². The summed E-state index contributed by atoms with van der Waals surface area (Å²) in [6.07, 6.45) is 1.01. The van der Waals surface area contributed by atoms with E-state index in [1.165, 1.54) is 5.56 Å². The molecule has 0 unspecified atom stereocenters. The Bertz CT molecular complexity index is 757. The van der Waals surface area contributed by atoms with E-state index >= 15 is 0 Å². The summed E-state index contributed by atoms with van der Waals surface area (Å²) in [6.45, 7) is 2.84. The van der Waals surface area contributed by atoms with E-state index in [1.807, 2.05) is 17.8 Å². The van der Waals surface area contributed by atoms with Gasteiger partial charge in [-0.25, -0.2) is 4.79 Å². The van der Waals surface area contributed by atoms with Gasteiger partial charge in [0.2, 0.25) is 0 Å². The largest absolute Gasteiger partial charge is 0.462 e. The fourth-order valence-electron chi connectivity index (χ4n) is 2.28. The molecule has 7 heteroatoms. The predicted molar refractivity (Wildman–Crippen MR) is 119 cm³/mol. The summed E-state index contributed by atoms with van der Waals surface area (Å²) in [4.78, 5) is 11.9. The molecule has 0 radical (unpaired) electrons. The fourth-order valence-corrected chi connectivity index (χ4v) is 3.62. The summed E-state index contributed by atoms with van der Waals surface area (Å²) in [5.74, 6) is 1.63. The van der Waals surface area contributed by atoms with Crippen molar-refractivity contribution in [3.8, 4) is 0 Å². The Morgan fingerprint density at radius 3 is 2.74 bits per heavy atom. The number of rotatable bonds is 9. The Kier molecular flexibility index (Phi) is 9.45. The third kappa shape index (κ3) is 7.79. The highest BCUT2D eigenvalue weighted by atomic mass is 35.5. The van der Waals surface area contributed by atoms with E-state index in [0.29, 0.717) is 28.0 Å². The standard InChI is InChI=1S/C20H23ClN2O2S2/c1-2-25-19(24)17-13-16(9-10-18(17)21)23-20(26)22-11-6-12-27-14-15-7-4-3-5-8-15/h3-5,7-10,13H,2,6,11-12,14H2,1H3,(H2,22,23,26). The van der Waals surface area contributed by atoms with Crippen molar-refractivity contribution in [2.75, 3.05) is 24.2 Å². The Labute approximate surface area is 175 Å². The third-order valence-electron chi connectivity index (χ3n) is 3.58. The number of esters is 1. The van der Waals surface area contributed by atoms with Crippen molar-refractivity contribution in [1.29, 1.82) is 0 Å². The molecule has 0 aromatic heterocycles. The molecular weight excluding hydrogens is 400 g/mol. The van der Waals surface area contributed by atoms with Gasteiger partial charge in [-0.3, -0.25) is 0 Å². The van der Waals surface area contributed by atoms with Crippen LogP contribution in [0.4, 0.5) is 5.69 Å². The van der Waals surface area contributed by atoms with Gasteiger partial charge in [0.1, 0.15) is 0 Å². The van der Waals surface area contributed by atoms with Crippen LogP contribution in [0.3, 0.4) is 0 Å². The van der Waals surface area contributed by atoms with Gasteiger partial charge in [0.25, 0.3) is 0 Å². The molecule has 0 amide bonds. The molecule has 0 atom stereocenters. The van der Waals surface area contributed by atoms with Crippen molar-refractivity contribution in [2.45, 2.75) is 19.1 Å². The van der Waals surface area contributed by atoms with Crippen molar-refractivity contribution in [3.63, 3.8) is 0 Å². The quantitative estimate of drug-likeness (QED) is 0.332. The topological polar surface area (TPSA) is 50.4 Å². The predicted octanol–water partition coefficient (Wildman–Crippen LogP) is 5.13. The van der Waals surface area contributed by atoms with E-state index in [1.54, 1.807) is 25.1 Å². The van der Waals surface area contributed by atoms with Crippen molar-refractivity contribution >= 4 is 52.3 Å². The second-order valence-corrected chi connectivity index (χ2v) is 7.61. The maximum atomic E-state index is 11.9. The Hall–Kier alpha value is -1.76. The molecule has 0 saturated carbocycles. The number of thioether (sulfide) groups is 1. The smallest absolute Gasteiger partial charge is 0.339 e. The molecule has 0 aliphatic carbocycles. The minimum absolute atomic E-state index is 0.301. The van der Waals surface area contributed by atoms with Crippen LogP contribution < -0.4 is 10.6 Å². The van der Waals surface area contributed by atoms with Crippen LogP contribution in [-0.2, 0) is 10.5 Å². The fraction of sp³-hybridized carbons (Fsp3) is 0.300. The van der Waals surface area contributed by atoms with Gasteiger partial charge in [0.05, 0.1) is 17.2 Å². The lowest BCUT2D eigenvalue weighted by molar-refractivity contribution is 0.0526. The first-order valence-electron chi connectivity index (χ1n) is 8.73. The van der Waals surface area contributed by atoms with Crippen molar-refractivity contribution in [2.24, 2.45) is 0 Å². The number of ether oxygens (including phenoxy) is 1. The first-order valence-corrected chi connectivity index (χ1v) is 10.7.